The molecule has 0 aromatic carbocycles. The van der Waals surface area contributed by atoms with Gasteiger partial charge in [-0.05, 0) is 31.6 Å². The average Bonchev–Trinajstić information content (AvgIpc) is 2.87. The first-order chi connectivity index (χ1) is 5.84. The molecule has 13 heavy (non-hydrogen) atoms. The Kier molecular flexibility index (Phi) is 4.20. The van der Waals surface area contributed by atoms with E-state index in [1.165, 1.54) is 25.7 Å². The zero-order valence-corrected chi connectivity index (χ0v) is 7.79. The maximum atomic E-state index is 5.73. The maximum absolute atomic E-state index is 5.73. The van der Waals surface area contributed by atoms with Crippen LogP contribution in [0.5, 0.6) is 0 Å². The van der Waals surface area contributed by atoms with E-state index in [1.54, 1.807) is 0 Å². The van der Waals surface area contributed by atoms with Crippen molar-refractivity contribution < 1.29 is 9.47 Å². The van der Waals surface area contributed by atoms with Gasteiger partial charge in [-0.25, -0.2) is 0 Å². The van der Waals surface area contributed by atoms with Crippen molar-refractivity contribution in [3.63, 3.8) is 0 Å². The lowest BCUT2D eigenvalue weighted by Crippen LogP contribution is -2.22. The molecule has 0 N–H and O–H groups in total. The largest absolute Gasteiger partial charge is 0.375 e. The molecule has 2 rings (SSSR count). The van der Waals surface area contributed by atoms with Crippen molar-refractivity contribution in [1.29, 1.82) is 0 Å². The van der Waals surface area contributed by atoms with Crippen LogP contribution in [0.15, 0.2) is 0 Å². The second-order valence-corrected chi connectivity index (χ2v) is 4.17. The van der Waals surface area contributed by atoms with Crippen LogP contribution in [0.3, 0.4) is 0 Å². The highest BCUT2D eigenvalue weighted by Crippen LogP contribution is 2.26. The Morgan fingerprint density at radius 1 is 1.23 bits per heavy atom. The standard InChI is InChI=1S/C10H18O2.CH4/c1-8-2-4-9(5-3-8)11-6-10-7-12-10;/h8-10H,2-7H2,1H3;1H4. The lowest BCUT2D eigenvalue weighted by molar-refractivity contribution is 0.0120. The summed E-state index contributed by atoms with van der Waals surface area (Å²) in [6, 6.07) is 0. The van der Waals surface area contributed by atoms with Crippen LogP contribution >= 0.6 is 0 Å². The molecule has 1 heterocycles. The van der Waals surface area contributed by atoms with Gasteiger partial charge in [-0.15, -0.1) is 0 Å². The number of epoxide rings is 1. The van der Waals surface area contributed by atoms with E-state index in [1.807, 2.05) is 0 Å². The molecule has 1 unspecified atom stereocenters. The summed E-state index contributed by atoms with van der Waals surface area (Å²) in [5, 5.41) is 0. The van der Waals surface area contributed by atoms with Crippen LogP contribution in [0.2, 0.25) is 0 Å². The summed E-state index contributed by atoms with van der Waals surface area (Å²) >= 11 is 0. The molecule has 2 heteroatoms. The summed E-state index contributed by atoms with van der Waals surface area (Å²) in [5.74, 6) is 0.919. The highest BCUT2D eigenvalue weighted by Gasteiger charge is 2.25. The molecule has 0 aromatic heterocycles. The van der Waals surface area contributed by atoms with E-state index >= 15 is 0 Å². The molecule has 2 nitrogen and oxygen atoms in total. The van der Waals surface area contributed by atoms with Crippen molar-refractivity contribution in [2.75, 3.05) is 13.2 Å². The molecule has 2 fully saturated rings. The SMILES string of the molecule is C.CC1CCC(OCC2CO2)CC1. The van der Waals surface area contributed by atoms with Gasteiger partial charge in [0.2, 0.25) is 0 Å². The van der Waals surface area contributed by atoms with Crippen LogP contribution < -0.4 is 0 Å². The first kappa shape index (κ1) is 11.0. The molecule has 0 amide bonds. The number of rotatable bonds is 3. The van der Waals surface area contributed by atoms with Crippen LogP contribution in [-0.4, -0.2) is 25.4 Å². The Morgan fingerprint density at radius 2 is 1.85 bits per heavy atom. The molecule has 1 aliphatic carbocycles. The predicted molar refractivity (Wildman–Crippen MR) is 53.8 cm³/mol. The summed E-state index contributed by atoms with van der Waals surface area (Å²) in [7, 11) is 0. The van der Waals surface area contributed by atoms with Crippen molar-refractivity contribution >= 4 is 0 Å². The molecule has 1 saturated carbocycles. The molecule has 0 bridgehead atoms. The van der Waals surface area contributed by atoms with E-state index in [4.69, 9.17) is 9.47 Å². The van der Waals surface area contributed by atoms with Crippen LogP contribution in [0, 0.1) is 5.92 Å². The van der Waals surface area contributed by atoms with Gasteiger partial charge in [-0.2, -0.15) is 0 Å². The van der Waals surface area contributed by atoms with Gasteiger partial charge in [-0.1, -0.05) is 14.4 Å². The molecule has 1 atom stereocenters. The minimum Gasteiger partial charge on any atom is -0.375 e. The van der Waals surface area contributed by atoms with Gasteiger partial charge >= 0.3 is 0 Å². The number of ether oxygens (including phenoxy) is 2. The highest BCUT2D eigenvalue weighted by atomic mass is 16.6. The fraction of sp³-hybridized carbons (Fsp3) is 1.00. The van der Waals surface area contributed by atoms with Crippen molar-refractivity contribution in [3.05, 3.63) is 0 Å². The minimum atomic E-state index is 0. The summed E-state index contributed by atoms with van der Waals surface area (Å²) in [5.41, 5.74) is 0. The summed E-state index contributed by atoms with van der Waals surface area (Å²) < 4.78 is 10.8. The van der Waals surface area contributed by atoms with Crippen molar-refractivity contribution in [3.8, 4) is 0 Å². The fourth-order valence-electron chi connectivity index (χ4n) is 1.80. The number of hydrogen-bond acceptors (Lipinski definition) is 2. The topological polar surface area (TPSA) is 21.8 Å². The Hall–Kier alpha value is -0.0800. The van der Waals surface area contributed by atoms with Crippen molar-refractivity contribution in [2.45, 2.75) is 52.2 Å². The van der Waals surface area contributed by atoms with Gasteiger partial charge < -0.3 is 9.47 Å². The van der Waals surface area contributed by atoms with Crippen LogP contribution in [0.4, 0.5) is 0 Å². The molecular formula is C11H22O2. The van der Waals surface area contributed by atoms with E-state index in [-0.39, 0.29) is 7.43 Å². The molecular weight excluding hydrogens is 164 g/mol. The maximum Gasteiger partial charge on any atom is 0.104 e. The van der Waals surface area contributed by atoms with E-state index in [9.17, 15) is 0 Å². The van der Waals surface area contributed by atoms with Crippen LogP contribution in [0.1, 0.15) is 40.0 Å². The second kappa shape index (κ2) is 4.97. The first-order valence-electron chi connectivity index (χ1n) is 5.08. The number of hydrogen-bond donors (Lipinski definition) is 0. The van der Waals surface area contributed by atoms with E-state index in [0.29, 0.717) is 12.2 Å². The molecule has 0 aromatic rings. The van der Waals surface area contributed by atoms with Crippen LogP contribution in [0.25, 0.3) is 0 Å². The van der Waals surface area contributed by atoms with Crippen molar-refractivity contribution in [1.82, 2.24) is 0 Å². The summed E-state index contributed by atoms with van der Waals surface area (Å²) in [6.07, 6.45) is 6.17. The zero-order valence-electron chi connectivity index (χ0n) is 7.79. The Bertz CT molecular complexity index is 135. The molecule has 0 radical (unpaired) electrons. The quantitative estimate of drug-likeness (QED) is 0.632. The van der Waals surface area contributed by atoms with Gasteiger partial charge in [0.25, 0.3) is 0 Å². The second-order valence-electron chi connectivity index (χ2n) is 4.17. The van der Waals surface area contributed by atoms with Gasteiger partial charge in [0.15, 0.2) is 0 Å². The normalized spacial score (nSPS) is 38.1. The fourth-order valence-corrected chi connectivity index (χ4v) is 1.80. The first-order valence-corrected chi connectivity index (χ1v) is 5.08. The van der Waals surface area contributed by atoms with Crippen LogP contribution in [-0.2, 0) is 9.47 Å². The van der Waals surface area contributed by atoms with Crippen molar-refractivity contribution in [2.24, 2.45) is 5.92 Å². The summed E-state index contributed by atoms with van der Waals surface area (Å²) in [4.78, 5) is 0. The smallest absolute Gasteiger partial charge is 0.104 e. The molecule has 0 spiro atoms. The molecule has 78 valence electrons. The van der Waals surface area contributed by atoms with Gasteiger partial charge in [0.05, 0.1) is 19.3 Å². The highest BCUT2D eigenvalue weighted by molar-refractivity contribution is 4.73. The van der Waals surface area contributed by atoms with E-state index in [0.717, 1.165) is 19.1 Å². The Labute approximate surface area is 81.6 Å². The Morgan fingerprint density at radius 3 is 2.38 bits per heavy atom. The van der Waals surface area contributed by atoms with E-state index in [2.05, 4.69) is 6.92 Å². The third-order valence-corrected chi connectivity index (χ3v) is 2.88. The zero-order chi connectivity index (χ0) is 8.39. The average molecular weight is 186 g/mol. The van der Waals surface area contributed by atoms with Gasteiger partial charge in [0.1, 0.15) is 6.10 Å². The molecule has 1 saturated heterocycles. The third-order valence-electron chi connectivity index (χ3n) is 2.88. The van der Waals surface area contributed by atoms with E-state index < -0.39 is 0 Å². The predicted octanol–water partition coefficient (Wildman–Crippen LogP) is 2.62. The lowest BCUT2D eigenvalue weighted by atomic mass is 9.89. The lowest BCUT2D eigenvalue weighted by Gasteiger charge is -2.25. The monoisotopic (exact) mass is 186 g/mol. The third kappa shape index (κ3) is 3.65. The molecule has 1 aliphatic heterocycles. The summed E-state index contributed by atoms with van der Waals surface area (Å²) in [6.45, 7) is 4.09. The minimum absolute atomic E-state index is 0. The van der Waals surface area contributed by atoms with Gasteiger partial charge in [0, 0.05) is 0 Å². The van der Waals surface area contributed by atoms with Gasteiger partial charge in [-0.3, -0.25) is 0 Å². The molecule has 2 aliphatic rings. The Balaban J connectivity index is 0.000000845.